The number of hydrogen-bond acceptors (Lipinski definition) is 2. The second-order valence-electron chi connectivity index (χ2n) is 5.08. The van der Waals surface area contributed by atoms with Gasteiger partial charge in [0.25, 0.3) is 0 Å². The van der Waals surface area contributed by atoms with E-state index in [1.807, 2.05) is 0 Å². The van der Waals surface area contributed by atoms with Crippen molar-refractivity contribution < 1.29 is 0 Å². The standard InChI is InChI=1S/C15H19N3/c1-11-3-5-13(6-4-11)10-18-15-9-16-8-7-14(15)12(2)17-18/h3-6,16H,7-10H2,1-2H3. The van der Waals surface area contributed by atoms with Gasteiger partial charge in [0.1, 0.15) is 0 Å². The van der Waals surface area contributed by atoms with E-state index >= 15 is 0 Å². The fraction of sp³-hybridized carbons (Fsp3) is 0.400. The predicted molar refractivity (Wildman–Crippen MR) is 72.7 cm³/mol. The second kappa shape index (κ2) is 4.58. The van der Waals surface area contributed by atoms with Crippen LogP contribution in [0.5, 0.6) is 0 Å². The number of fused-ring (bicyclic) bond motifs is 1. The van der Waals surface area contributed by atoms with Crippen LogP contribution >= 0.6 is 0 Å². The molecule has 0 radical (unpaired) electrons. The minimum atomic E-state index is 0.873. The highest BCUT2D eigenvalue weighted by Crippen LogP contribution is 2.19. The minimum absolute atomic E-state index is 0.873. The third kappa shape index (κ3) is 2.06. The van der Waals surface area contributed by atoms with Crippen LogP contribution in [0.1, 0.15) is 28.1 Å². The zero-order valence-electron chi connectivity index (χ0n) is 11.0. The number of benzene rings is 1. The van der Waals surface area contributed by atoms with E-state index in [4.69, 9.17) is 0 Å². The first-order valence-electron chi connectivity index (χ1n) is 6.55. The fourth-order valence-electron chi connectivity index (χ4n) is 2.61. The van der Waals surface area contributed by atoms with Gasteiger partial charge < -0.3 is 5.32 Å². The molecule has 0 saturated heterocycles. The molecule has 0 unspecified atom stereocenters. The quantitative estimate of drug-likeness (QED) is 0.873. The molecular weight excluding hydrogens is 222 g/mol. The summed E-state index contributed by atoms with van der Waals surface area (Å²) in [5, 5.41) is 8.12. The monoisotopic (exact) mass is 241 g/mol. The van der Waals surface area contributed by atoms with Crippen LogP contribution in [0.3, 0.4) is 0 Å². The zero-order valence-corrected chi connectivity index (χ0v) is 11.0. The van der Waals surface area contributed by atoms with Crippen LogP contribution in [0.15, 0.2) is 24.3 Å². The van der Waals surface area contributed by atoms with Crippen molar-refractivity contribution in [2.75, 3.05) is 6.54 Å². The average Bonchev–Trinajstić information content (AvgIpc) is 2.70. The molecular formula is C15H19N3. The SMILES string of the molecule is Cc1ccc(Cn2nc(C)c3c2CNCC3)cc1. The summed E-state index contributed by atoms with van der Waals surface area (Å²) >= 11 is 0. The Balaban J connectivity index is 1.91. The molecule has 0 amide bonds. The lowest BCUT2D eigenvalue weighted by atomic mass is 10.1. The van der Waals surface area contributed by atoms with Gasteiger partial charge in [0.15, 0.2) is 0 Å². The maximum atomic E-state index is 4.69. The van der Waals surface area contributed by atoms with Gasteiger partial charge in [-0.05, 0) is 37.9 Å². The summed E-state index contributed by atoms with van der Waals surface area (Å²) in [7, 11) is 0. The van der Waals surface area contributed by atoms with E-state index in [9.17, 15) is 0 Å². The molecule has 1 aliphatic heterocycles. The van der Waals surface area contributed by atoms with E-state index in [0.29, 0.717) is 0 Å². The molecule has 1 aromatic carbocycles. The number of nitrogens with one attached hydrogen (secondary N) is 1. The van der Waals surface area contributed by atoms with Crippen molar-refractivity contribution in [1.29, 1.82) is 0 Å². The molecule has 1 aliphatic rings. The van der Waals surface area contributed by atoms with Crippen LogP contribution in [-0.2, 0) is 19.5 Å². The highest BCUT2D eigenvalue weighted by molar-refractivity contribution is 5.29. The Kier molecular flexibility index (Phi) is 2.92. The molecule has 0 atom stereocenters. The number of hydrogen-bond donors (Lipinski definition) is 1. The fourth-order valence-corrected chi connectivity index (χ4v) is 2.61. The smallest absolute Gasteiger partial charge is 0.0663 e. The molecule has 3 rings (SSSR count). The number of rotatable bonds is 2. The topological polar surface area (TPSA) is 29.9 Å². The van der Waals surface area contributed by atoms with Gasteiger partial charge in [-0.2, -0.15) is 5.10 Å². The van der Waals surface area contributed by atoms with Gasteiger partial charge in [0.2, 0.25) is 0 Å². The maximum Gasteiger partial charge on any atom is 0.0663 e. The van der Waals surface area contributed by atoms with Gasteiger partial charge in [-0.15, -0.1) is 0 Å². The molecule has 0 bridgehead atoms. The first-order chi connectivity index (χ1) is 8.74. The maximum absolute atomic E-state index is 4.69. The van der Waals surface area contributed by atoms with Gasteiger partial charge >= 0.3 is 0 Å². The molecule has 3 nitrogen and oxygen atoms in total. The summed E-state index contributed by atoms with van der Waals surface area (Å²) in [4.78, 5) is 0. The Morgan fingerprint density at radius 2 is 2.00 bits per heavy atom. The van der Waals surface area contributed by atoms with Gasteiger partial charge in [-0.1, -0.05) is 29.8 Å². The summed E-state index contributed by atoms with van der Waals surface area (Å²) in [6.07, 6.45) is 1.11. The van der Waals surface area contributed by atoms with Crippen LogP contribution in [0.25, 0.3) is 0 Å². The third-order valence-electron chi connectivity index (χ3n) is 3.66. The van der Waals surface area contributed by atoms with E-state index in [2.05, 4.69) is 53.2 Å². The van der Waals surface area contributed by atoms with Crippen molar-refractivity contribution in [2.45, 2.75) is 33.4 Å². The average molecular weight is 241 g/mol. The lowest BCUT2D eigenvalue weighted by molar-refractivity contribution is 0.570. The molecule has 1 N–H and O–H groups in total. The summed E-state index contributed by atoms with van der Waals surface area (Å²) in [6.45, 7) is 7.13. The van der Waals surface area contributed by atoms with Crippen molar-refractivity contribution in [3.05, 3.63) is 52.3 Å². The molecule has 18 heavy (non-hydrogen) atoms. The Bertz CT molecular complexity index is 552. The first-order valence-corrected chi connectivity index (χ1v) is 6.55. The first kappa shape index (κ1) is 11.5. The molecule has 2 heterocycles. The van der Waals surface area contributed by atoms with Crippen LogP contribution in [0.4, 0.5) is 0 Å². The molecule has 0 saturated carbocycles. The van der Waals surface area contributed by atoms with Crippen molar-refractivity contribution in [3.63, 3.8) is 0 Å². The van der Waals surface area contributed by atoms with E-state index in [1.165, 1.54) is 28.1 Å². The lowest BCUT2D eigenvalue weighted by Crippen LogP contribution is -2.25. The summed E-state index contributed by atoms with van der Waals surface area (Å²) in [5.74, 6) is 0. The Hall–Kier alpha value is -1.61. The molecule has 2 aromatic rings. The van der Waals surface area contributed by atoms with Crippen molar-refractivity contribution in [1.82, 2.24) is 15.1 Å². The van der Waals surface area contributed by atoms with E-state index in [1.54, 1.807) is 0 Å². The van der Waals surface area contributed by atoms with Crippen LogP contribution < -0.4 is 5.32 Å². The van der Waals surface area contributed by atoms with Crippen molar-refractivity contribution >= 4 is 0 Å². The van der Waals surface area contributed by atoms with Crippen molar-refractivity contribution in [2.24, 2.45) is 0 Å². The Labute approximate surface area is 108 Å². The third-order valence-corrected chi connectivity index (χ3v) is 3.66. The molecule has 0 aliphatic carbocycles. The van der Waals surface area contributed by atoms with Crippen LogP contribution in [0, 0.1) is 13.8 Å². The molecule has 3 heteroatoms. The minimum Gasteiger partial charge on any atom is -0.311 e. The van der Waals surface area contributed by atoms with Crippen molar-refractivity contribution in [3.8, 4) is 0 Å². The van der Waals surface area contributed by atoms with E-state index < -0.39 is 0 Å². The summed E-state index contributed by atoms with van der Waals surface area (Å²) in [6, 6.07) is 8.71. The van der Waals surface area contributed by atoms with Crippen LogP contribution in [0.2, 0.25) is 0 Å². The number of nitrogens with zero attached hydrogens (tertiary/aromatic N) is 2. The van der Waals surface area contributed by atoms with E-state index in [-0.39, 0.29) is 0 Å². The van der Waals surface area contributed by atoms with Gasteiger partial charge in [0, 0.05) is 6.54 Å². The lowest BCUT2D eigenvalue weighted by Gasteiger charge is -2.15. The summed E-state index contributed by atoms with van der Waals surface area (Å²) < 4.78 is 2.15. The number of aryl methyl sites for hydroxylation is 2. The Morgan fingerprint density at radius 1 is 1.22 bits per heavy atom. The highest BCUT2D eigenvalue weighted by Gasteiger charge is 2.17. The normalized spacial score (nSPS) is 14.6. The largest absolute Gasteiger partial charge is 0.311 e. The van der Waals surface area contributed by atoms with Gasteiger partial charge in [-0.25, -0.2) is 0 Å². The second-order valence-corrected chi connectivity index (χ2v) is 5.08. The molecule has 0 spiro atoms. The molecule has 1 aromatic heterocycles. The molecule has 94 valence electrons. The van der Waals surface area contributed by atoms with Gasteiger partial charge in [-0.3, -0.25) is 4.68 Å². The van der Waals surface area contributed by atoms with E-state index in [0.717, 1.165) is 26.1 Å². The highest BCUT2D eigenvalue weighted by atomic mass is 15.3. The van der Waals surface area contributed by atoms with Gasteiger partial charge in [0.05, 0.1) is 17.9 Å². The summed E-state index contributed by atoms with van der Waals surface area (Å²) in [5.41, 5.74) is 6.62. The molecule has 0 fully saturated rings. The number of aromatic nitrogens is 2. The zero-order chi connectivity index (χ0) is 12.5. The Morgan fingerprint density at radius 3 is 2.78 bits per heavy atom. The predicted octanol–water partition coefficient (Wildman–Crippen LogP) is 2.19. The van der Waals surface area contributed by atoms with Crippen LogP contribution in [-0.4, -0.2) is 16.3 Å².